The van der Waals surface area contributed by atoms with Crippen molar-refractivity contribution in [1.82, 2.24) is 15.1 Å². The van der Waals surface area contributed by atoms with Gasteiger partial charge in [0.25, 0.3) is 5.91 Å². The summed E-state index contributed by atoms with van der Waals surface area (Å²) in [6, 6.07) is -0.901. The summed E-state index contributed by atoms with van der Waals surface area (Å²) in [5.41, 5.74) is 0. The molecule has 0 saturated carbocycles. The predicted molar refractivity (Wildman–Crippen MR) is 64.2 cm³/mol. The third kappa shape index (κ3) is 3.67. The molecule has 0 aromatic heterocycles. The van der Waals surface area contributed by atoms with Crippen LogP contribution in [0.15, 0.2) is 0 Å². The number of rotatable bonds is 6. The number of hydrogen-bond acceptors (Lipinski definition) is 4. The molecule has 19 heavy (non-hydrogen) atoms. The van der Waals surface area contributed by atoms with Crippen LogP contribution in [0.1, 0.15) is 20.3 Å². The first-order valence-electron chi connectivity index (χ1n) is 5.96. The third-order valence-electron chi connectivity index (χ3n) is 2.98. The van der Waals surface area contributed by atoms with E-state index in [0.717, 1.165) is 9.80 Å². The molecule has 0 bridgehead atoms. The molecule has 0 aliphatic carbocycles. The van der Waals surface area contributed by atoms with Gasteiger partial charge in [-0.1, -0.05) is 6.92 Å². The summed E-state index contributed by atoms with van der Waals surface area (Å²) in [6.07, 6.45) is 0.583. The highest BCUT2D eigenvalue weighted by Gasteiger charge is 2.32. The van der Waals surface area contributed by atoms with Crippen molar-refractivity contribution >= 4 is 23.8 Å². The summed E-state index contributed by atoms with van der Waals surface area (Å²) in [7, 11) is 0. The van der Waals surface area contributed by atoms with Crippen molar-refractivity contribution in [3.05, 3.63) is 0 Å². The molecule has 0 unspecified atom stereocenters. The second-order valence-corrected chi connectivity index (χ2v) is 4.31. The van der Waals surface area contributed by atoms with Gasteiger partial charge >= 0.3 is 12.0 Å². The Bertz CT molecular complexity index is 393. The van der Waals surface area contributed by atoms with Crippen LogP contribution in [-0.4, -0.2) is 64.4 Å². The Kier molecular flexibility index (Phi) is 4.85. The lowest BCUT2D eigenvalue weighted by atomic mass is 10.2. The second-order valence-electron chi connectivity index (χ2n) is 4.31. The van der Waals surface area contributed by atoms with Gasteiger partial charge in [-0.05, 0) is 13.3 Å². The van der Waals surface area contributed by atoms with E-state index < -0.39 is 36.9 Å². The number of carboxylic acid groups (broad SMARTS) is 1. The smallest absolute Gasteiger partial charge is 0.325 e. The van der Waals surface area contributed by atoms with Crippen LogP contribution >= 0.6 is 0 Å². The number of urea groups is 1. The lowest BCUT2D eigenvalue weighted by molar-refractivity contribution is -0.147. The Morgan fingerprint density at radius 3 is 2.53 bits per heavy atom. The maximum Gasteiger partial charge on any atom is 0.325 e. The molecule has 1 atom stereocenters. The van der Waals surface area contributed by atoms with Crippen LogP contribution < -0.4 is 5.32 Å². The minimum atomic E-state index is -1.13. The van der Waals surface area contributed by atoms with E-state index >= 15 is 0 Å². The molecule has 0 radical (unpaired) electrons. The van der Waals surface area contributed by atoms with Crippen LogP contribution in [0.4, 0.5) is 4.79 Å². The Balaban J connectivity index is 2.73. The molecule has 1 saturated heterocycles. The van der Waals surface area contributed by atoms with Gasteiger partial charge in [0.05, 0.1) is 6.54 Å². The molecular weight excluding hydrogens is 254 g/mol. The van der Waals surface area contributed by atoms with E-state index in [1.807, 2.05) is 6.92 Å². The number of amides is 4. The van der Waals surface area contributed by atoms with Crippen LogP contribution in [0, 0.1) is 0 Å². The summed E-state index contributed by atoms with van der Waals surface area (Å²) >= 11 is 0. The maximum atomic E-state index is 12.0. The number of carbonyl (C=O) groups is 4. The number of nitrogens with one attached hydrogen (secondary N) is 1. The predicted octanol–water partition coefficient (Wildman–Crippen LogP) is -0.750. The summed E-state index contributed by atoms with van der Waals surface area (Å²) < 4.78 is 0. The van der Waals surface area contributed by atoms with Crippen molar-refractivity contribution in [3.63, 3.8) is 0 Å². The van der Waals surface area contributed by atoms with Gasteiger partial charge < -0.3 is 15.3 Å². The zero-order valence-electron chi connectivity index (χ0n) is 10.9. The minimum absolute atomic E-state index is 0.131. The van der Waals surface area contributed by atoms with E-state index in [1.165, 1.54) is 0 Å². The molecule has 1 heterocycles. The first kappa shape index (κ1) is 14.9. The number of aliphatic carboxylic acids is 1. The number of imide groups is 1. The van der Waals surface area contributed by atoms with Crippen molar-refractivity contribution in [2.45, 2.75) is 26.3 Å². The van der Waals surface area contributed by atoms with Crippen LogP contribution in [-0.2, 0) is 14.4 Å². The van der Waals surface area contributed by atoms with Gasteiger partial charge in [-0.25, -0.2) is 4.79 Å². The largest absolute Gasteiger partial charge is 0.480 e. The van der Waals surface area contributed by atoms with Crippen LogP contribution in [0.2, 0.25) is 0 Å². The first-order chi connectivity index (χ1) is 8.86. The van der Waals surface area contributed by atoms with Crippen molar-refractivity contribution in [3.8, 4) is 0 Å². The molecule has 1 aliphatic rings. The summed E-state index contributed by atoms with van der Waals surface area (Å²) in [5.74, 6) is -2.18. The number of carboxylic acids is 1. The van der Waals surface area contributed by atoms with Gasteiger partial charge in [0, 0.05) is 6.04 Å². The van der Waals surface area contributed by atoms with Crippen molar-refractivity contribution in [2.75, 3.05) is 19.6 Å². The van der Waals surface area contributed by atoms with Gasteiger partial charge in [0.1, 0.15) is 13.1 Å². The van der Waals surface area contributed by atoms with Gasteiger partial charge in [-0.15, -0.1) is 0 Å². The Hall–Kier alpha value is -2.12. The first-order valence-corrected chi connectivity index (χ1v) is 5.96. The van der Waals surface area contributed by atoms with E-state index in [-0.39, 0.29) is 12.6 Å². The number of carbonyl (C=O) groups excluding carboxylic acids is 3. The van der Waals surface area contributed by atoms with Crippen molar-refractivity contribution in [1.29, 1.82) is 0 Å². The monoisotopic (exact) mass is 271 g/mol. The SMILES string of the molecule is CC[C@H](C)N(CC(=O)O)C(=O)CN1C(=O)CNC1=O. The van der Waals surface area contributed by atoms with Crippen LogP contribution in [0.25, 0.3) is 0 Å². The normalized spacial score (nSPS) is 16.2. The topological polar surface area (TPSA) is 107 Å². The summed E-state index contributed by atoms with van der Waals surface area (Å²) in [4.78, 5) is 47.4. The fourth-order valence-corrected chi connectivity index (χ4v) is 1.70. The molecule has 8 nitrogen and oxygen atoms in total. The molecule has 1 rings (SSSR count). The Morgan fingerprint density at radius 1 is 1.47 bits per heavy atom. The van der Waals surface area contributed by atoms with Crippen LogP contribution in [0.5, 0.6) is 0 Å². The second kappa shape index (κ2) is 6.17. The molecule has 1 aliphatic heterocycles. The van der Waals surface area contributed by atoms with Gasteiger partial charge in [-0.2, -0.15) is 0 Å². The van der Waals surface area contributed by atoms with E-state index in [1.54, 1.807) is 6.92 Å². The lowest BCUT2D eigenvalue weighted by Crippen LogP contribution is -2.48. The van der Waals surface area contributed by atoms with E-state index in [4.69, 9.17) is 5.11 Å². The quantitative estimate of drug-likeness (QED) is 0.618. The van der Waals surface area contributed by atoms with Crippen molar-refractivity contribution in [2.24, 2.45) is 0 Å². The van der Waals surface area contributed by atoms with Gasteiger partial charge in [0.15, 0.2) is 0 Å². The average molecular weight is 271 g/mol. The van der Waals surface area contributed by atoms with E-state index in [0.29, 0.717) is 6.42 Å². The summed E-state index contributed by atoms with van der Waals surface area (Å²) in [6.45, 7) is 2.53. The fraction of sp³-hybridized carbons (Fsp3) is 0.636. The van der Waals surface area contributed by atoms with Crippen molar-refractivity contribution < 1.29 is 24.3 Å². The molecular formula is C11H17N3O5. The zero-order valence-corrected chi connectivity index (χ0v) is 10.9. The molecule has 4 amide bonds. The highest BCUT2D eigenvalue weighted by Crippen LogP contribution is 2.07. The van der Waals surface area contributed by atoms with Crippen LogP contribution in [0.3, 0.4) is 0 Å². The Labute approximate surface area is 110 Å². The molecule has 2 N–H and O–H groups in total. The third-order valence-corrected chi connectivity index (χ3v) is 2.98. The molecule has 8 heteroatoms. The van der Waals surface area contributed by atoms with Gasteiger partial charge in [-0.3, -0.25) is 19.3 Å². The summed E-state index contributed by atoms with van der Waals surface area (Å²) in [5, 5.41) is 11.1. The minimum Gasteiger partial charge on any atom is -0.480 e. The number of hydrogen-bond donors (Lipinski definition) is 2. The molecule has 0 aromatic rings. The molecule has 0 spiro atoms. The number of nitrogens with zero attached hydrogens (tertiary/aromatic N) is 2. The standard InChI is InChI=1S/C11H17N3O5/c1-3-7(2)13(6-10(17)18)9(16)5-14-8(15)4-12-11(14)19/h7H,3-6H2,1-2H3,(H,12,19)(H,17,18)/t7-/m0/s1. The highest BCUT2D eigenvalue weighted by atomic mass is 16.4. The molecule has 1 fully saturated rings. The maximum absolute atomic E-state index is 12.0. The Morgan fingerprint density at radius 2 is 2.11 bits per heavy atom. The van der Waals surface area contributed by atoms with E-state index in [2.05, 4.69) is 5.32 Å². The van der Waals surface area contributed by atoms with E-state index in [9.17, 15) is 19.2 Å². The molecule has 0 aromatic carbocycles. The van der Waals surface area contributed by atoms with Gasteiger partial charge in [0.2, 0.25) is 5.91 Å². The average Bonchev–Trinajstić information content (AvgIpc) is 2.66. The lowest BCUT2D eigenvalue weighted by Gasteiger charge is -2.28. The highest BCUT2D eigenvalue weighted by molar-refractivity contribution is 6.04. The zero-order chi connectivity index (χ0) is 14.6. The molecule has 106 valence electrons. The fourth-order valence-electron chi connectivity index (χ4n) is 1.70.